The molecule has 6 rings (SSSR count). The second-order valence-electron chi connectivity index (χ2n) is 11.7. The van der Waals surface area contributed by atoms with Gasteiger partial charge < -0.3 is 14.4 Å². The van der Waals surface area contributed by atoms with E-state index >= 15 is 4.39 Å². The average Bonchev–Trinajstić information content (AvgIpc) is 3.65. The lowest BCUT2D eigenvalue weighted by molar-refractivity contribution is 0.0246. The van der Waals surface area contributed by atoms with E-state index < -0.39 is 0 Å². The van der Waals surface area contributed by atoms with Crippen molar-refractivity contribution in [3.63, 3.8) is 0 Å². The van der Waals surface area contributed by atoms with Crippen LogP contribution in [0.4, 0.5) is 4.39 Å². The van der Waals surface area contributed by atoms with Gasteiger partial charge in [-0.25, -0.2) is 19.0 Å². The van der Waals surface area contributed by atoms with Gasteiger partial charge in [-0.05, 0) is 66.1 Å². The van der Waals surface area contributed by atoms with E-state index in [4.69, 9.17) is 9.72 Å². The van der Waals surface area contributed by atoms with Gasteiger partial charge in [0.2, 0.25) is 0 Å². The minimum atomic E-state index is -0.362. The van der Waals surface area contributed by atoms with Gasteiger partial charge in [-0.2, -0.15) is 10.2 Å². The number of benzene rings is 1. The maximum Gasteiger partial charge on any atom is 0.178 e. The highest BCUT2D eigenvalue weighted by Gasteiger charge is 2.33. The highest BCUT2D eigenvalue weighted by atomic mass is 19.1. The van der Waals surface area contributed by atoms with Crippen molar-refractivity contribution in [3.05, 3.63) is 42.2 Å². The van der Waals surface area contributed by atoms with Crippen LogP contribution in [0.5, 0.6) is 5.75 Å². The van der Waals surface area contributed by atoms with Gasteiger partial charge in [-0.3, -0.25) is 9.58 Å². The second kappa shape index (κ2) is 10.1. The largest absolute Gasteiger partial charge is 0.491 e. The third-order valence-corrected chi connectivity index (χ3v) is 8.06. The van der Waals surface area contributed by atoms with Crippen molar-refractivity contribution in [3.8, 4) is 39.9 Å². The van der Waals surface area contributed by atoms with Crippen molar-refractivity contribution in [2.24, 2.45) is 0 Å². The Labute approximate surface area is 233 Å². The highest BCUT2D eigenvalue weighted by molar-refractivity contribution is 5.75. The second-order valence-corrected chi connectivity index (χ2v) is 11.7. The Balaban J connectivity index is 1.41. The predicted octanol–water partition coefficient (Wildman–Crippen LogP) is 4.50. The molecule has 212 valence electrons. The molecule has 5 heterocycles. The Morgan fingerprint density at radius 2 is 1.98 bits per heavy atom. The molecule has 2 aliphatic heterocycles. The van der Waals surface area contributed by atoms with Crippen LogP contribution in [0.15, 0.2) is 30.6 Å². The molecule has 1 atom stereocenters. The zero-order valence-corrected chi connectivity index (χ0v) is 23.8. The molecule has 1 aromatic carbocycles. The number of rotatable bonds is 6. The van der Waals surface area contributed by atoms with E-state index in [0.717, 1.165) is 37.2 Å². The predicted molar refractivity (Wildman–Crippen MR) is 149 cm³/mol. The Hall–Kier alpha value is -3.57. The van der Waals surface area contributed by atoms with E-state index in [1.807, 2.05) is 53.0 Å². The maximum atomic E-state index is 15.7. The fourth-order valence-corrected chi connectivity index (χ4v) is 5.80. The van der Waals surface area contributed by atoms with Gasteiger partial charge in [0, 0.05) is 42.1 Å². The highest BCUT2D eigenvalue weighted by Crippen LogP contribution is 2.40. The summed E-state index contributed by atoms with van der Waals surface area (Å²) in [5, 5.41) is 19.1. The van der Waals surface area contributed by atoms with E-state index in [0.29, 0.717) is 47.6 Å². The number of fused-ring (bicyclic) bond motifs is 3. The lowest BCUT2D eigenvalue weighted by Gasteiger charge is -2.42. The molecule has 1 fully saturated rings. The van der Waals surface area contributed by atoms with Gasteiger partial charge in [-0.15, -0.1) is 0 Å². The molecule has 4 aromatic rings. The van der Waals surface area contributed by atoms with Crippen LogP contribution in [0.1, 0.15) is 58.4 Å². The molecular formula is C29H37FN8O2. The fraction of sp³-hybridized carbons (Fsp3) is 0.517. The lowest BCUT2D eigenvalue weighted by atomic mass is 9.96. The minimum Gasteiger partial charge on any atom is -0.491 e. The van der Waals surface area contributed by atoms with Crippen LogP contribution in [0.3, 0.4) is 0 Å². The summed E-state index contributed by atoms with van der Waals surface area (Å²) in [4.78, 5) is 11.9. The summed E-state index contributed by atoms with van der Waals surface area (Å²) in [7, 11) is 0. The Morgan fingerprint density at radius 3 is 2.75 bits per heavy atom. The molecule has 40 heavy (non-hydrogen) atoms. The van der Waals surface area contributed by atoms with Crippen molar-refractivity contribution in [1.82, 2.24) is 39.0 Å². The van der Waals surface area contributed by atoms with Crippen LogP contribution in [0.25, 0.3) is 34.2 Å². The Morgan fingerprint density at radius 1 is 1.15 bits per heavy atom. The molecule has 0 radical (unpaired) electrons. The molecule has 10 nitrogen and oxygen atoms in total. The van der Waals surface area contributed by atoms with Gasteiger partial charge in [0.05, 0.1) is 30.5 Å². The van der Waals surface area contributed by atoms with Crippen molar-refractivity contribution in [2.75, 3.05) is 26.3 Å². The van der Waals surface area contributed by atoms with E-state index in [1.165, 1.54) is 6.07 Å². The SMILES string of the molecule is Cc1nc(-c2cn3c(n2)-c2cc(-c4ccnn4[C@@H]4CCCN(C(C)(C)CO)C4)c(F)cc2OCC3)n(C(C)C)n1. The van der Waals surface area contributed by atoms with Gasteiger partial charge in [-0.1, -0.05) is 0 Å². The summed E-state index contributed by atoms with van der Waals surface area (Å²) in [6.07, 6.45) is 5.62. The molecule has 0 amide bonds. The number of piperidine rings is 1. The van der Waals surface area contributed by atoms with E-state index in [-0.39, 0.29) is 30.0 Å². The topological polar surface area (TPSA) is 99.0 Å². The zero-order valence-electron chi connectivity index (χ0n) is 23.8. The molecule has 0 bridgehead atoms. The first kappa shape index (κ1) is 26.6. The van der Waals surface area contributed by atoms with Crippen molar-refractivity contribution < 1.29 is 14.2 Å². The number of hydrogen-bond donors (Lipinski definition) is 1. The smallest absolute Gasteiger partial charge is 0.178 e. The number of likely N-dealkylation sites (tertiary alicyclic amines) is 1. The van der Waals surface area contributed by atoms with Crippen LogP contribution < -0.4 is 4.74 Å². The monoisotopic (exact) mass is 548 g/mol. The van der Waals surface area contributed by atoms with Gasteiger partial charge >= 0.3 is 0 Å². The first-order valence-corrected chi connectivity index (χ1v) is 14.0. The summed E-state index contributed by atoms with van der Waals surface area (Å²) < 4.78 is 27.6. The molecule has 1 saturated heterocycles. The molecule has 2 aliphatic rings. The average molecular weight is 549 g/mol. The summed E-state index contributed by atoms with van der Waals surface area (Å²) in [5.41, 5.74) is 2.30. The van der Waals surface area contributed by atoms with E-state index in [2.05, 4.69) is 33.9 Å². The van der Waals surface area contributed by atoms with Crippen LogP contribution in [0.2, 0.25) is 0 Å². The number of hydrogen-bond acceptors (Lipinski definition) is 7. The standard InChI is InChI=1S/C29H37FN8O2/c1-18(2)37-28(32-19(3)34-37)24-16-35-11-12-40-26-14-23(30)21(13-22(26)27(35)33-24)25-8-9-31-38(25)20-7-6-10-36(15-20)29(4,5)17-39/h8-9,13-14,16,18,20,39H,6-7,10-12,15,17H2,1-5H3/t20-/m1/s1. The lowest BCUT2D eigenvalue weighted by Crippen LogP contribution is -2.51. The molecule has 1 N–H and O–H groups in total. The normalized spacial score (nSPS) is 17.9. The molecule has 0 aliphatic carbocycles. The number of aromatic nitrogens is 7. The number of nitrogens with zero attached hydrogens (tertiary/aromatic N) is 8. The van der Waals surface area contributed by atoms with Crippen LogP contribution >= 0.6 is 0 Å². The first-order chi connectivity index (χ1) is 19.2. The summed E-state index contributed by atoms with van der Waals surface area (Å²) >= 11 is 0. The van der Waals surface area contributed by atoms with Crippen LogP contribution in [-0.4, -0.2) is 75.9 Å². The molecule has 0 spiro atoms. The number of aliphatic hydroxyl groups excluding tert-OH is 1. The summed E-state index contributed by atoms with van der Waals surface area (Å²) in [5.74, 6) is 2.22. The Bertz CT molecular complexity index is 1530. The fourth-order valence-electron chi connectivity index (χ4n) is 5.80. The van der Waals surface area contributed by atoms with Crippen molar-refractivity contribution in [2.45, 2.75) is 71.6 Å². The number of halogens is 1. The summed E-state index contributed by atoms with van der Waals surface area (Å²) in [6, 6.07) is 5.37. The maximum absolute atomic E-state index is 15.7. The quantitative estimate of drug-likeness (QED) is 0.379. The molecule has 0 unspecified atom stereocenters. The van der Waals surface area contributed by atoms with E-state index in [9.17, 15) is 5.11 Å². The third-order valence-electron chi connectivity index (χ3n) is 8.06. The first-order valence-electron chi connectivity index (χ1n) is 14.0. The molecule has 11 heteroatoms. The molecular weight excluding hydrogens is 511 g/mol. The van der Waals surface area contributed by atoms with Gasteiger partial charge in [0.15, 0.2) is 5.82 Å². The number of ether oxygens (including phenoxy) is 1. The minimum absolute atomic E-state index is 0.0678. The number of imidazole rings is 1. The number of aryl methyl sites for hydroxylation is 1. The van der Waals surface area contributed by atoms with E-state index in [1.54, 1.807) is 6.20 Å². The summed E-state index contributed by atoms with van der Waals surface area (Å²) in [6.45, 7) is 12.8. The molecule has 0 saturated carbocycles. The van der Waals surface area contributed by atoms with Gasteiger partial charge in [0.25, 0.3) is 0 Å². The third kappa shape index (κ3) is 4.60. The molecule has 3 aromatic heterocycles. The van der Waals surface area contributed by atoms with Gasteiger partial charge in [0.1, 0.15) is 35.5 Å². The number of aliphatic hydroxyl groups is 1. The Kier molecular flexibility index (Phi) is 6.74. The van der Waals surface area contributed by atoms with Crippen LogP contribution in [0, 0.1) is 12.7 Å². The van der Waals surface area contributed by atoms with Crippen LogP contribution in [-0.2, 0) is 6.54 Å². The van der Waals surface area contributed by atoms with Crippen molar-refractivity contribution in [1.29, 1.82) is 0 Å². The zero-order chi connectivity index (χ0) is 28.2. The van der Waals surface area contributed by atoms with Crippen molar-refractivity contribution >= 4 is 0 Å².